The minimum atomic E-state index is 0.229. The predicted molar refractivity (Wildman–Crippen MR) is 59.6 cm³/mol. The summed E-state index contributed by atoms with van der Waals surface area (Å²) in [7, 11) is 0. The molecule has 3 nitrogen and oxygen atoms in total. The van der Waals surface area contributed by atoms with Crippen LogP contribution in [0.2, 0.25) is 0 Å². The van der Waals surface area contributed by atoms with Crippen molar-refractivity contribution in [1.82, 2.24) is 10.2 Å². The van der Waals surface area contributed by atoms with Gasteiger partial charge in [0.25, 0.3) is 0 Å². The molecule has 0 aliphatic carbocycles. The molecule has 1 saturated heterocycles. The normalized spacial score (nSPS) is 27.4. The number of hydrogen-bond acceptors (Lipinski definition) is 3. The van der Waals surface area contributed by atoms with E-state index >= 15 is 0 Å². The van der Waals surface area contributed by atoms with Gasteiger partial charge in [-0.2, -0.15) is 0 Å². The molecule has 0 amide bonds. The minimum Gasteiger partial charge on any atom is -0.379 e. The maximum Gasteiger partial charge on any atom is 0.0646 e. The molecule has 1 aliphatic rings. The number of hydrogen-bond donors (Lipinski definition) is 1. The van der Waals surface area contributed by atoms with Gasteiger partial charge in [0, 0.05) is 25.2 Å². The van der Waals surface area contributed by atoms with Crippen LogP contribution in [0.15, 0.2) is 0 Å². The fourth-order valence-electron chi connectivity index (χ4n) is 1.86. The molecular weight excluding hydrogens is 176 g/mol. The topological polar surface area (TPSA) is 24.5 Å². The zero-order valence-electron chi connectivity index (χ0n) is 9.81. The molecule has 1 heterocycles. The van der Waals surface area contributed by atoms with Crippen molar-refractivity contribution in [3.8, 4) is 0 Å². The van der Waals surface area contributed by atoms with E-state index in [4.69, 9.17) is 4.74 Å². The molecule has 1 rings (SSSR count). The molecule has 1 N–H and O–H groups in total. The van der Waals surface area contributed by atoms with E-state index in [1.54, 1.807) is 0 Å². The Morgan fingerprint density at radius 2 is 2.07 bits per heavy atom. The van der Waals surface area contributed by atoms with Gasteiger partial charge in [0.1, 0.15) is 0 Å². The lowest BCUT2D eigenvalue weighted by Gasteiger charge is -2.26. The van der Waals surface area contributed by atoms with Crippen molar-refractivity contribution >= 4 is 0 Å². The van der Waals surface area contributed by atoms with Gasteiger partial charge in [-0.1, -0.05) is 13.8 Å². The van der Waals surface area contributed by atoms with Crippen LogP contribution in [0.1, 0.15) is 27.2 Å². The van der Waals surface area contributed by atoms with Crippen molar-refractivity contribution in [2.24, 2.45) is 0 Å². The first-order valence-electron chi connectivity index (χ1n) is 5.75. The third-order valence-electron chi connectivity index (χ3n) is 3.09. The summed E-state index contributed by atoms with van der Waals surface area (Å²) in [5.41, 5.74) is 0.229. The quantitative estimate of drug-likeness (QED) is 0.695. The Balaban J connectivity index is 2.13. The van der Waals surface area contributed by atoms with Crippen LogP contribution in [0.3, 0.4) is 0 Å². The summed E-state index contributed by atoms with van der Waals surface area (Å²) in [5, 5.41) is 3.59. The van der Waals surface area contributed by atoms with Crippen molar-refractivity contribution in [2.45, 2.75) is 32.7 Å². The standard InChI is InChI=1S/C11H24N2O/c1-4-13(5-2)8-7-12-11(3)6-9-14-10-11/h12H,4-10H2,1-3H3. The summed E-state index contributed by atoms with van der Waals surface area (Å²) in [4.78, 5) is 2.44. The van der Waals surface area contributed by atoms with Crippen molar-refractivity contribution < 1.29 is 4.74 Å². The van der Waals surface area contributed by atoms with Gasteiger partial charge in [-0.25, -0.2) is 0 Å². The molecule has 0 aromatic heterocycles. The van der Waals surface area contributed by atoms with E-state index in [1.165, 1.54) is 0 Å². The maximum atomic E-state index is 5.39. The van der Waals surface area contributed by atoms with E-state index in [2.05, 4.69) is 31.0 Å². The predicted octanol–water partition coefficient (Wildman–Crippen LogP) is 1.10. The Morgan fingerprint density at radius 3 is 2.57 bits per heavy atom. The van der Waals surface area contributed by atoms with Gasteiger partial charge in [0.2, 0.25) is 0 Å². The number of nitrogens with one attached hydrogen (secondary N) is 1. The van der Waals surface area contributed by atoms with Crippen molar-refractivity contribution in [2.75, 3.05) is 39.4 Å². The van der Waals surface area contributed by atoms with Gasteiger partial charge >= 0.3 is 0 Å². The van der Waals surface area contributed by atoms with Crippen LogP contribution in [0.4, 0.5) is 0 Å². The first-order chi connectivity index (χ1) is 6.70. The SMILES string of the molecule is CCN(CC)CCNC1(C)CCOC1. The Kier molecular flexibility index (Phi) is 4.85. The summed E-state index contributed by atoms with van der Waals surface area (Å²) in [6, 6.07) is 0. The van der Waals surface area contributed by atoms with Gasteiger partial charge in [-0.3, -0.25) is 0 Å². The zero-order chi connectivity index (χ0) is 10.4. The second-order valence-corrected chi connectivity index (χ2v) is 4.32. The van der Waals surface area contributed by atoms with E-state index in [0.717, 1.165) is 45.8 Å². The molecule has 1 unspecified atom stereocenters. The van der Waals surface area contributed by atoms with Crippen LogP contribution in [0.5, 0.6) is 0 Å². The Bertz CT molecular complexity index is 151. The van der Waals surface area contributed by atoms with Gasteiger partial charge in [0.05, 0.1) is 6.61 Å². The Labute approximate surface area is 87.8 Å². The number of likely N-dealkylation sites (N-methyl/N-ethyl adjacent to an activating group) is 1. The van der Waals surface area contributed by atoms with E-state index in [9.17, 15) is 0 Å². The minimum absolute atomic E-state index is 0.229. The zero-order valence-corrected chi connectivity index (χ0v) is 9.81. The fraction of sp³-hybridized carbons (Fsp3) is 1.00. The number of rotatable bonds is 6. The molecule has 84 valence electrons. The highest BCUT2D eigenvalue weighted by atomic mass is 16.5. The van der Waals surface area contributed by atoms with Crippen LogP contribution in [-0.4, -0.2) is 49.8 Å². The van der Waals surface area contributed by atoms with Crippen LogP contribution in [-0.2, 0) is 4.74 Å². The van der Waals surface area contributed by atoms with Gasteiger partial charge in [-0.05, 0) is 26.4 Å². The van der Waals surface area contributed by atoms with Crippen LogP contribution >= 0.6 is 0 Å². The molecule has 0 aromatic carbocycles. The molecule has 0 aromatic rings. The summed E-state index contributed by atoms with van der Waals surface area (Å²) in [5.74, 6) is 0. The number of ether oxygens (including phenoxy) is 1. The average molecular weight is 200 g/mol. The molecule has 0 spiro atoms. The molecule has 0 saturated carbocycles. The van der Waals surface area contributed by atoms with Gasteiger partial charge in [-0.15, -0.1) is 0 Å². The Morgan fingerprint density at radius 1 is 1.36 bits per heavy atom. The maximum absolute atomic E-state index is 5.39. The van der Waals surface area contributed by atoms with Gasteiger partial charge in [0.15, 0.2) is 0 Å². The second kappa shape index (κ2) is 5.69. The highest BCUT2D eigenvalue weighted by molar-refractivity contribution is 4.86. The molecule has 0 bridgehead atoms. The summed E-state index contributed by atoms with van der Waals surface area (Å²) in [6.07, 6.45) is 1.14. The lowest BCUT2D eigenvalue weighted by atomic mass is 10.0. The second-order valence-electron chi connectivity index (χ2n) is 4.32. The van der Waals surface area contributed by atoms with Crippen molar-refractivity contribution in [3.05, 3.63) is 0 Å². The molecule has 1 fully saturated rings. The Hall–Kier alpha value is -0.120. The van der Waals surface area contributed by atoms with E-state index in [0.29, 0.717) is 0 Å². The summed E-state index contributed by atoms with van der Waals surface area (Å²) >= 11 is 0. The van der Waals surface area contributed by atoms with Crippen molar-refractivity contribution in [1.29, 1.82) is 0 Å². The van der Waals surface area contributed by atoms with E-state index in [-0.39, 0.29) is 5.54 Å². The highest BCUT2D eigenvalue weighted by Gasteiger charge is 2.28. The first kappa shape index (κ1) is 12.0. The van der Waals surface area contributed by atoms with E-state index in [1.807, 2.05) is 0 Å². The summed E-state index contributed by atoms with van der Waals surface area (Å²) in [6.45, 7) is 13.0. The largest absolute Gasteiger partial charge is 0.379 e. The first-order valence-corrected chi connectivity index (χ1v) is 5.75. The number of nitrogens with zero attached hydrogens (tertiary/aromatic N) is 1. The molecule has 1 atom stereocenters. The van der Waals surface area contributed by atoms with Crippen LogP contribution in [0, 0.1) is 0 Å². The highest BCUT2D eigenvalue weighted by Crippen LogP contribution is 2.16. The lowest BCUT2D eigenvalue weighted by molar-refractivity contribution is 0.169. The molecule has 0 radical (unpaired) electrons. The average Bonchev–Trinajstić information content (AvgIpc) is 2.60. The summed E-state index contributed by atoms with van der Waals surface area (Å²) < 4.78 is 5.39. The third-order valence-corrected chi connectivity index (χ3v) is 3.09. The molecular formula is C11H24N2O. The monoisotopic (exact) mass is 200 g/mol. The van der Waals surface area contributed by atoms with E-state index < -0.39 is 0 Å². The lowest BCUT2D eigenvalue weighted by Crippen LogP contribution is -2.46. The van der Waals surface area contributed by atoms with Gasteiger partial charge < -0.3 is 15.0 Å². The molecule has 14 heavy (non-hydrogen) atoms. The smallest absolute Gasteiger partial charge is 0.0646 e. The van der Waals surface area contributed by atoms with Crippen molar-refractivity contribution in [3.63, 3.8) is 0 Å². The van der Waals surface area contributed by atoms with Crippen LogP contribution < -0.4 is 5.32 Å². The van der Waals surface area contributed by atoms with Crippen LogP contribution in [0.25, 0.3) is 0 Å². The molecule has 3 heteroatoms. The third kappa shape index (κ3) is 3.56. The fourth-order valence-corrected chi connectivity index (χ4v) is 1.86. The molecule has 1 aliphatic heterocycles.